The van der Waals surface area contributed by atoms with Gasteiger partial charge in [-0.3, -0.25) is 4.79 Å². The summed E-state index contributed by atoms with van der Waals surface area (Å²) in [4.78, 5) is 10.7. The number of H-pyrrole nitrogens is 1. The van der Waals surface area contributed by atoms with Crippen molar-refractivity contribution in [2.75, 3.05) is 0 Å². The van der Waals surface area contributed by atoms with Crippen LogP contribution in [0.25, 0.3) is 0 Å². The Hall–Kier alpha value is -1.33. The van der Waals surface area contributed by atoms with Crippen LogP contribution in [0.15, 0.2) is 10.9 Å². The zero-order valence-corrected chi connectivity index (χ0v) is 6.77. The molecule has 1 rings (SSSR count). The lowest BCUT2D eigenvalue weighted by Crippen LogP contribution is -2.23. The van der Waals surface area contributed by atoms with Crippen molar-refractivity contribution in [1.82, 2.24) is 10.2 Å². The van der Waals surface area contributed by atoms with Crippen LogP contribution in [0, 0.1) is 0 Å². The van der Waals surface area contributed by atoms with Crippen molar-refractivity contribution in [2.24, 2.45) is 0 Å². The Balaban J connectivity index is 3.28. The molecule has 1 heterocycles. The average molecular weight is 192 g/mol. The van der Waals surface area contributed by atoms with Crippen molar-refractivity contribution in [3.63, 3.8) is 0 Å². The van der Waals surface area contributed by atoms with Gasteiger partial charge >= 0.3 is 6.18 Å². The highest BCUT2D eigenvalue weighted by molar-refractivity contribution is 5.15. The van der Waals surface area contributed by atoms with E-state index in [1.54, 1.807) is 12.0 Å². The summed E-state index contributed by atoms with van der Waals surface area (Å²) >= 11 is 0. The van der Waals surface area contributed by atoms with Gasteiger partial charge in [0.15, 0.2) is 0 Å². The third-order valence-corrected chi connectivity index (χ3v) is 1.52. The first-order valence-electron chi connectivity index (χ1n) is 3.61. The molecule has 0 aliphatic carbocycles. The Morgan fingerprint density at radius 3 is 2.62 bits per heavy atom. The van der Waals surface area contributed by atoms with Crippen LogP contribution in [0.4, 0.5) is 13.2 Å². The number of alkyl halides is 3. The van der Waals surface area contributed by atoms with E-state index >= 15 is 0 Å². The molecule has 3 nitrogen and oxygen atoms in total. The number of nitrogens with zero attached hydrogens (tertiary/aromatic N) is 1. The third kappa shape index (κ3) is 2.07. The average Bonchev–Trinajstić information content (AvgIpc) is 2.03. The molecular weight excluding hydrogens is 185 g/mol. The molecule has 0 bridgehead atoms. The summed E-state index contributed by atoms with van der Waals surface area (Å²) in [6, 6.07) is 0.763. The lowest BCUT2D eigenvalue weighted by atomic mass is 10.2. The van der Waals surface area contributed by atoms with E-state index in [1.165, 1.54) is 0 Å². The normalized spacial score (nSPS) is 11.7. The van der Waals surface area contributed by atoms with Gasteiger partial charge in [0, 0.05) is 0 Å². The Morgan fingerprint density at radius 2 is 2.15 bits per heavy atom. The molecule has 0 aromatic carbocycles. The van der Waals surface area contributed by atoms with Gasteiger partial charge in [0.2, 0.25) is 0 Å². The van der Waals surface area contributed by atoms with E-state index in [0.29, 0.717) is 6.42 Å². The van der Waals surface area contributed by atoms with Crippen molar-refractivity contribution in [3.8, 4) is 0 Å². The summed E-state index contributed by atoms with van der Waals surface area (Å²) in [5.41, 5.74) is -2.18. The molecule has 0 aliphatic heterocycles. The Morgan fingerprint density at radius 1 is 1.54 bits per heavy atom. The predicted molar refractivity (Wildman–Crippen MR) is 39.2 cm³/mol. The Bertz CT molecular complexity index is 355. The van der Waals surface area contributed by atoms with Crippen LogP contribution in [-0.4, -0.2) is 10.2 Å². The van der Waals surface area contributed by atoms with Gasteiger partial charge in [-0.05, 0) is 12.5 Å². The highest BCUT2D eigenvalue weighted by Crippen LogP contribution is 2.26. The summed E-state index contributed by atoms with van der Waals surface area (Å²) in [6.07, 6.45) is -4.26. The Kier molecular flexibility index (Phi) is 2.40. The number of hydrogen-bond acceptors (Lipinski definition) is 2. The maximum atomic E-state index is 12.1. The number of aromatic nitrogens is 2. The van der Waals surface area contributed by atoms with Crippen molar-refractivity contribution in [3.05, 3.63) is 27.7 Å². The van der Waals surface area contributed by atoms with E-state index in [0.717, 1.165) is 6.07 Å². The number of aryl methyl sites for hydroxylation is 1. The van der Waals surface area contributed by atoms with Gasteiger partial charge in [0.25, 0.3) is 5.56 Å². The van der Waals surface area contributed by atoms with Gasteiger partial charge in [-0.2, -0.15) is 18.3 Å². The van der Waals surface area contributed by atoms with Crippen LogP contribution in [0.2, 0.25) is 0 Å². The maximum Gasteiger partial charge on any atom is 0.421 e. The summed E-state index contributed by atoms with van der Waals surface area (Å²) in [5, 5.41) is 5.23. The smallest absolute Gasteiger partial charge is 0.267 e. The minimum Gasteiger partial charge on any atom is -0.267 e. The third-order valence-electron chi connectivity index (χ3n) is 1.52. The van der Waals surface area contributed by atoms with Crippen LogP contribution in [0.1, 0.15) is 18.2 Å². The molecule has 72 valence electrons. The van der Waals surface area contributed by atoms with E-state index in [1.807, 2.05) is 0 Å². The molecule has 0 aliphatic rings. The maximum absolute atomic E-state index is 12.1. The van der Waals surface area contributed by atoms with Gasteiger partial charge in [0.05, 0.1) is 5.69 Å². The summed E-state index contributed by atoms with van der Waals surface area (Å²) < 4.78 is 36.4. The van der Waals surface area contributed by atoms with Crippen LogP contribution < -0.4 is 5.56 Å². The van der Waals surface area contributed by atoms with E-state index in [-0.39, 0.29) is 5.69 Å². The molecule has 1 N–H and O–H groups in total. The van der Waals surface area contributed by atoms with Crippen LogP contribution >= 0.6 is 0 Å². The molecular formula is C7H7F3N2O. The molecule has 0 spiro atoms. The lowest BCUT2D eigenvalue weighted by molar-refractivity contribution is -0.138. The SMILES string of the molecule is CCc1cc(C(F)(F)F)c(=O)[nH]n1. The van der Waals surface area contributed by atoms with Gasteiger partial charge < -0.3 is 0 Å². The van der Waals surface area contributed by atoms with Crippen molar-refractivity contribution in [2.45, 2.75) is 19.5 Å². The van der Waals surface area contributed by atoms with E-state index < -0.39 is 17.3 Å². The Labute approximate surface area is 71.6 Å². The van der Waals surface area contributed by atoms with Gasteiger partial charge in [-0.15, -0.1) is 0 Å². The number of hydrogen-bond donors (Lipinski definition) is 1. The first-order valence-corrected chi connectivity index (χ1v) is 3.61. The van der Waals surface area contributed by atoms with Crippen LogP contribution in [0.3, 0.4) is 0 Å². The second-order valence-electron chi connectivity index (χ2n) is 2.45. The second kappa shape index (κ2) is 3.20. The van der Waals surface area contributed by atoms with E-state index in [4.69, 9.17) is 0 Å². The minimum absolute atomic E-state index is 0.215. The molecule has 0 unspecified atom stereocenters. The molecule has 0 saturated carbocycles. The number of halogens is 3. The van der Waals surface area contributed by atoms with Crippen molar-refractivity contribution in [1.29, 1.82) is 0 Å². The predicted octanol–water partition coefficient (Wildman–Crippen LogP) is 1.35. The molecule has 0 atom stereocenters. The van der Waals surface area contributed by atoms with Crippen LogP contribution in [-0.2, 0) is 12.6 Å². The molecule has 0 amide bonds. The van der Waals surface area contributed by atoms with Gasteiger partial charge in [-0.25, -0.2) is 5.10 Å². The van der Waals surface area contributed by atoms with E-state index in [2.05, 4.69) is 5.10 Å². The zero-order valence-electron chi connectivity index (χ0n) is 6.77. The first kappa shape index (κ1) is 9.76. The highest BCUT2D eigenvalue weighted by atomic mass is 19.4. The highest BCUT2D eigenvalue weighted by Gasteiger charge is 2.34. The van der Waals surface area contributed by atoms with Gasteiger partial charge in [0.1, 0.15) is 5.56 Å². The second-order valence-corrected chi connectivity index (χ2v) is 2.45. The monoisotopic (exact) mass is 192 g/mol. The molecule has 0 saturated heterocycles. The van der Waals surface area contributed by atoms with Crippen molar-refractivity contribution < 1.29 is 13.2 Å². The molecule has 0 fully saturated rings. The van der Waals surface area contributed by atoms with E-state index in [9.17, 15) is 18.0 Å². The molecule has 0 radical (unpaired) electrons. The summed E-state index contributed by atoms with van der Waals surface area (Å²) in [7, 11) is 0. The molecule has 1 aromatic heterocycles. The molecule has 6 heteroatoms. The van der Waals surface area contributed by atoms with Crippen molar-refractivity contribution >= 4 is 0 Å². The zero-order chi connectivity index (χ0) is 10.1. The number of nitrogens with one attached hydrogen (secondary N) is 1. The minimum atomic E-state index is -4.61. The van der Waals surface area contributed by atoms with Crippen LogP contribution in [0.5, 0.6) is 0 Å². The topological polar surface area (TPSA) is 45.8 Å². The molecule has 1 aromatic rings. The first-order chi connectivity index (χ1) is 5.95. The largest absolute Gasteiger partial charge is 0.421 e. The summed E-state index contributed by atoms with van der Waals surface area (Å²) in [6.45, 7) is 1.65. The fraction of sp³-hybridized carbons (Fsp3) is 0.429. The standard InChI is InChI=1S/C7H7F3N2O/c1-2-4-3-5(7(8,9)10)6(13)12-11-4/h3H,2H2,1H3,(H,12,13). The fourth-order valence-corrected chi connectivity index (χ4v) is 0.839. The fourth-order valence-electron chi connectivity index (χ4n) is 0.839. The summed E-state index contributed by atoms with van der Waals surface area (Å²) in [5.74, 6) is 0. The quantitative estimate of drug-likeness (QED) is 0.729. The molecule has 13 heavy (non-hydrogen) atoms. The van der Waals surface area contributed by atoms with Gasteiger partial charge in [-0.1, -0.05) is 6.92 Å². The lowest BCUT2D eigenvalue weighted by Gasteiger charge is -2.05. The number of rotatable bonds is 1. The number of aromatic amines is 1.